The predicted octanol–water partition coefficient (Wildman–Crippen LogP) is 3.15. The van der Waals surface area contributed by atoms with Gasteiger partial charge in [0.05, 0.1) is 11.3 Å². The summed E-state index contributed by atoms with van der Waals surface area (Å²) in [6.45, 7) is 4.03. The summed E-state index contributed by atoms with van der Waals surface area (Å²) < 4.78 is 0. The molecule has 23 heavy (non-hydrogen) atoms. The van der Waals surface area contributed by atoms with Crippen LogP contribution in [0.3, 0.4) is 0 Å². The molecule has 4 saturated carbocycles. The summed E-state index contributed by atoms with van der Waals surface area (Å²) in [7, 11) is 0. The number of nitrogens with zero attached hydrogens (tertiary/aromatic N) is 2. The SMILES string of the molecule is Cc1nc(N)nc(NC(C)C23CC4CC(CC(O)(C4)C2)C3)c1Cl. The molecular formula is C17H25ClN4O. The lowest BCUT2D eigenvalue weighted by Crippen LogP contribution is -2.60. The Morgan fingerprint density at radius 3 is 2.52 bits per heavy atom. The highest BCUT2D eigenvalue weighted by molar-refractivity contribution is 6.33. The quantitative estimate of drug-likeness (QED) is 0.789. The number of anilines is 2. The molecule has 4 bridgehead atoms. The molecule has 0 amide bonds. The van der Waals surface area contributed by atoms with E-state index in [2.05, 4.69) is 22.2 Å². The van der Waals surface area contributed by atoms with Gasteiger partial charge in [-0.2, -0.15) is 4.98 Å². The number of aliphatic hydroxyl groups is 1. The number of hydrogen-bond acceptors (Lipinski definition) is 5. The Morgan fingerprint density at radius 2 is 1.91 bits per heavy atom. The first kappa shape index (κ1) is 15.5. The third-order valence-corrected chi connectivity index (χ3v) is 6.83. The first-order chi connectivity index (χ1) is 10.8. The maximum absolute atomic E-state index is 10.9. The Balaban J connectivity index is 1.61. The van der Waals surface area contributed by atoms with Crippen molar-refractivity contribution < 1.29 is 5.11 Å². The smallest absolute Gasteiger partial charge is 0.222 e. The van der Waals surface area contributed by atoms with Crippen molar-refractivity contribution in [2.45, 2.75) is 64.0 Å². The van der Waals surface area contributed by atoms with E-state index in [4.69, 9.17) is 17.3 Å². The van der Waals surface area contributed by atoms with Crippen molar-refractivity contribution in [3.63, 3.8) is 0 Å². The average molecular weight is 337 g/mol. The van der Waals surface area contributed by atoms with Crippen molar-refractivity contribution in [1.29, 1.82) is 0 Å². The van der Waals surface area contributed by atoms with Crippen molar-refractivity contribution in [2.24, 2.45) is 17.3 Å². The van der Waals surface area contributed by atoms with Crippen molar-refractivity contribution in [2.75, 3.05) is 11.1 Å². The number of aryl methyl sites for hydroxylation is 1. The van der Waals surface area contributed by atoms with Crippen molar-refractivity contribution in [1.82, 2.24) is 9.97 Å². The first-order valence-electron chi connectivity index (χ1n) is 8.57. The molecule has 4 N–H and O–H groups in total. The van der Waals surface area contributed by atoms with Gasteiger partial charge in [0, 0.05) is 6.04 Å². The summed E-state index contributed by atoms with van der Waals surface area (Å²) in [5, 5.41) is 15.0. The fraction of sp³-hybridized carbons (Fsp3) is 0.765. The Hall–Kier alpha value is -1.07. The fourth-order valence-electron chi connectivity index (χ4n) is 5.83. The molecule has 0 radical (unpaired) electrons. The van der Waals surface area contributed by atoms with Gasteiger partial charge >= 0.3 is 0 Å². The van der Waals surface area contributed by atoms with Crippen LogP contribution in [0.5, 0.6) is 0 Å². The number of aromatic nitrogens is 2. The van der Waals surface area contributed by atoms with Gasteiger partial charge in [0.15, 0.2) is 5.82 Å². The Labute approximate surface area is 142 Å². The molecule has 0 saturated heterocycles. The van der Waals surface area contributed by atoms with Gasteiger partial charge in [0.1, 0.15) is 5.02 Å². The fourth-order valence-corrected chi connectivity index (χ4v) is 5.96. The third kappa shape index (κ3) is 2.49. The second kappa shape index (κ2) is 4.96. The second-order valence-corrected chi connectivity index (χ2v) is 8.62. The van der Waals surface area contributed by atoms with Gasteiger partial charge in [-0.1, -0.05) is 11.6 Å². The molecule has 6 heteroatoms. The zero-order chi connectivity index (χ0) is 16.4. The van der Waals surface area contributed by atoms with Crippen LogP contribution < -0.4 is 11.1 Å². The van der Waals surface area contributed by atoms with Crippen LogP contribution in [0, 0.1) is 24.2 Å². The molecule has 1 aromatic rings. The lowest BCUT2D eigenvalue weighted by Gasteiger charge is -2.62. The van der Waals surface area contributed by atoms with Crippen LogP contribution in [0.2, 0.25) is 5.02 Å². The maximum atomic E-state index is 10.9. The number of nitrogen functional groups attached to an aromatic ring is 1. The molecule has 1 heterocycles. The Kier molecular flexibility index (Phi) is 3.34. The van der Waals surface area contributed by atoms with E-state index in [0.717, 1.165) is 19.3 Å². The van der Waals surface area contributed by atoms with Gasteiger partial charge < -0.3 is 16.2 Å². The lowest BCUT2D eigenvalue weighted by atomic mass is 9.46. The van der Waals surface area contributed by atoms with E-state index < -0.39 is 5.60 Å². The molecule has 1 aromatic heterocycles. The normalized spacial score (nSPS) is 39.5. The Morgan fingerprint density at radius 1 is 1.26 bits per heavy atom. The summed E-state index contributed by atoms with van der Waals surface area (Å²) in [4.78, 5) is 8.38. The van der Waals surface area contributed by atoms with Crippen molar-refractivity contribution in [3.8, 4) is 0 Å². The summed E-state index contributed by atoms with van der Waals surface area (Å²) in [5.41, 5.74) is 6.14. The standard InChI is InChI=1S/C17H25ClN4O/c1-9-13(18)14(22-15(19)20-9)21-10(2)16-4-11-3-12(5-16)7-17(23,6-11)8-16/h10-12,23H,3-8H2,1-2H3,(H3,19,20,21,22). The van der Waals surface area contributed by atoms with Crippen molar-refractivity contribution >= 4 is 23.4 Å². The maximum Gasteiger partial charge on any atom is 0.222 e. The van der Waals surface area contributed by atoms with E-state index in [1.54, 1.807) is 0 Å². The van der Waals surface area contributed by atoms with Crippen molar-refractivity contribution in [3.05, 3.63) is 10.7 Å². The van der Waals surface area contributed by atoms with Crippen LogP contribution in [0.25, 0.3) is 0 Å². The van der Waals surface area contributed by atoms with Gasteiger partial charge in [-0.05, 0) is 69.6 Å². The monoisotopic (exact) mass is 336 g/mol. The molecule has 4 aliphatic rings. The minimum absolute atomic E-state index is 0.135. The zero-order valence-corrected chi connectivity index (χ0v) is 14.5. The highest BCUT2D eigenvalue weighted by Gasteiger charge is 2.58. The van der Waals surface area contributed by atoms with Gasteiger partial charge in [-0.25, -0.2) is 4.98 Å². The minimum Gasteiger partial charge on any atom is -0.390 e. The molecule has 0 spiro atoms. The van der Waals surface area contributed by atoms with E-state index in [1.807, 2.05) is 6.92 Å². The van der Waals surface area contributed by atoms with Crippen LogP contribution >= 0.6 is 11.6 Å². The molecule has 3 unspecified atom stereocenters. The predicted molar refractivity (Wildman–Crippen MR) is 91.3 cm³/mol. The van der Waals surface area contributed by atoms with Gasteiger partial charge in [-0.3, -0.25) is 0 Å². The molecule has 0 aromatic carbocycles. The molecule has 126 valence electrons. The topological polar surface area (TPSA) is 84.1 Å². The molecule has 4 aliphatic carbocycles. The number of rotatable bonds is 3. The number of halogens is 1. The molecule has 4 fully saturated rings. The summed E-state index contributed by atoms with van der Waals surface area (Å²) >= 11 is 6.35. The van der Waals surface area contributed by atoms with Gasteiger partial charge in [0.2, 0.25) is 5.95 Å². The summed E-state index contributed by atoms with van der Waals surface area (Å²) in [5.74, 6) is 2.19. The van der Waals surface area contributed by atoms with Crippen LogP contribution in [-0.2, 0) is 0 Å². The van der Waals surface area contributed by atoms with Crippen LogP contribution in [0.4, 0.5) is 11.8 Å². The van der Waals surface area contributed by atoms with E-state index in [0.29, 0.717) is 28.4 Å². The Bertz CT molecular complexity index is 636. The number of nitrogens with one attached hydrogen (secondary N) is 1. The zero-order valence-electron chi connectivity index (χ0n) is 13.8. The minimum atomic E-state index is -0.454. The molecule has 3 atom stereocenters. The van der Waals surface area contributed by atoms with E-state index in [-0.39, 0.29) is 17.4 Å². The van der Waals surface area contributed by atoms with E-state index in [9.17, 15) is 5.11 Å². The average Bonchev–Trinajstić information content (AvgIpc) is 2.41. The van der Waals surface area contributed by atoms with E-state index >= 15 is 0 Å². The number of nitrogens with two attached hydrogens (primary N) is 1. The highest BCUT2D eigenvalue weighted by atomic mass is 35.5. The second-order valence-electron chi connectivity index (χ2n) is 8.24. The lowest BCUT2D eigenvalue weighted by molar-refractivity contribution is -0.167. The number of hydrogen-bond donors (Lipinski definition) is 3. The van der Waals surface area contributed by atoms with Gasteiger partial charge in [-0.15, -0.1) is 0 Å². The van der Waals surface area contributed by atoms with Gasteiger partial charge in [0.25, 0.3) is 0 Å². The molecule has 5 nitrogen and oxygen atoms in total. The third-order valence-electron chi connectivity index (χ3n) is 6.38. The summed E-state index contributed by atoms with van der Waals surface area (Å²) in [6.07, 6.45) is 6.53. The van der Waals surface area contributed by atoms with Crippen LogP contribution in [0.1, 0.15) is 51.1 Å². The highest BCUT2D eigenvalue weighted by Crippen LogP contribution is 2.63. The first-order valence-corrected chi connectivity index (χ1v) is 8.95. The van der Waals surface area contributed by atoms with Crippen LogP contribution in [-0.4, -0.2) is 26.7 Å². The van der Waals surface area contributed by atoms with E-state index in [1.165, 1.54) is 19.3 Å². The molecular weight excluding hydrogens is 312 g/mol. The van der Waals surface area contributed by atoms with Crippen LogP contribution in [0.15, 0.2) is 0 Å². The largest absolute Gasteiger partial charge is 0.390 e. The summed E-state index contributed by atoms with van der Waals surface area (Å²) in [6, 6.07) is 0.200. The molecule has 0 aliphatic heterocycles. The molecule has 5 rings (SSSR count).